The number of aromatic nitrogens is 4. The van der Waals surface area contributed by atoms with Gasteiger partial charge < -0.3 is 0 Å². The number of rotatable bonds is 4. The molecule has 0 saturated carbocycles. The maximum absolute atomic E-state index is 11.5. The van der Waals surface area contributed by atoms with Gasteiger partial charge in [-0.05, 0) is 12.8 Å². The average Bonchev–Trinajstić information content (AvgIpc) is 2.82. The number of thiazole rings is 1. The molecule has 0 fully saturated rings. The largest absolute Gasteiger partial charge is 0.345 e. The molecule has 0 atom stereocenters. The van der Waals surface area contributed by atoms with Crippen LogP contribution in [-0.4, -0.2) is 19.3 Å². The Hall–Kier alpha value is -1.43. The average molecular weight is 238 g/mol. The van der Waals surface area contributed by atoms with E-state index in [9.17, 15) is 4.79 Å². The van der Waals surface area contributed by atoms with E-state index in [2.05, 4.69) is 17.0 Å². The van der Waals surface area contributed by atoms with Gasteiger partial charge in [0, 0.05) is 12.4 Å². The third kappa shape index (κ3) is 2.21. The van der Waals surface area contributed by atoms with E-state index in [1.807, 2.05) is 5.38 Å². The monoisotopic (exact) mass is 238 g/mol. The fourth-order valence-electron chi connectivity index (χ4n) is 1.43. The Kier molecular flexibility index (Phi) is 3.19. The smallest absolute Gasteiger partial charge is 0.285 e. The second-order valence-corrected chi connectivity index (χ2v) is 4.61. The van der Waals surface area contributed by atoms with Crippen LogP contribution in [0.15, 0.2) is 16.5 Å². The van der Waals surface area contributed by atoms with E-state index in [0.717, 1.165) is 23.5 Å². The molecule has 5 nitrogen and oxygen atoms in total. The molecule has 6 heteroatoms. The lowest BCUT2D eigenvalue weighted by molar-refractivity contribution is 0.636. The van der Waals surface area contributed by atoms with Crippen LogP contribution in [0.3, 0.4) is 0 Å². The van der Waals surface area contributed by atoms with Crippen molar-refractivity contribution < 1.29 is 0 Å². The molecule has 0 aliphatic heterocycles. The summed E-state index contributed by atoms with van der Waals surface area (Å²) < 4.78 is 2.88. The summed E-state index contributed by atoms with van der Waals surface area (Å²) >= 11 is 1.64. The Morgan fingerprint density at radius 2 is 2.31 bits per heavy atom. The van der Waals surface area contributed by atoms with Gasteiger partial charge in [0.15, 0.2) is 0 Å². The molecule has 0 aromatic carbocycles. The van der Waals surface area contributed by atoms with Crippen LogP contribution in [0.4, 0.5) is 0 Å². The zero-order chi connectivity index (χ0) is 11.5. The van der Waals surface area contributed by atoms with Gasteiger partial charge in [-0.15, -0.1) is 11.3 Å². The van der Waals surface area contributed by atoms with Crippen molar-refractivity contribution >= 4 is 11.3 Å². The minimum absolute atomic E-state index is 0.106. The number of nitrogens with zero attached hydrogens (tertiary/aromatic N) is 4. The highest BCUT2D eigenvalue weighted by Crippen LogP contribution is 2.11. The van der Waals surface area contributed by atoms with E-state index in [-0.39, 0.29) is 5.69 Å². The first-order valence-corrected chi connectivity index (χ1v) is 6.10. The first-order chi connectivity index (χ1) is 7.70. The van der Waals surface area contributed by atoms with E-state index in [1.54, 1.807) is 18.4 Å². The van der Waals surface area contributed by atoms with E-state index in [4.69, 9.17) is 0 Å². The molecule has 0 aliphatic carbocycles. The second-order valence-electron chi connectivity index (χ2n) is 3.66. The topological polar surface area (TPSA) is 52.7 Å². The van der Waals surface area contributed by atoms with Crippen molar-refractivity contribution in [2.24, 2.45) is 7.05 Å². The van der Waals surface area contributed by atoms with Gasteiger partial charge in [0.05, 0.1) is 17.2 Å². The SMILES string of the molecule is CCCc1nc(Cn2ncn(C)c2=O)cs1. The zero-order valence-corrected chi connectivity index (χ0v) is 10.2. The molecule has 0 saturated heterocycles. The fraction of sp³-hybridized carbons (Fsp3) is 0.500. The van der Waals surface area contributed by atoms with Gasteiger partial charge in [-0.25, -0.2) is 14.5 Å². The zero-order valence-electron chi connectivity index (χ0n) is 9.38. The Bertz CT molecular complexity index is 525. The lowest BCUT2D eigenvalue weighted by Gasteiger charge is -1.94. The van der Waals surface area contributed by atoms with Crippen molar-refractivity contribution in [3.05, 3.63) is 32.9 Å². The minimum Gasteiger partial charge on any atom is -0.285 e. The summed E-state index contributed by atoms with van der Waals surface area (Å²) in [5.41, 5.74) is 0.805. The summed E-state index contributed by atoms with van der Waals surface area (Å²) in [4.78, 5) is 16.0. The van der Waals surface area contributed by atoms with Gasteiger partial charge in [-0.3, -0.25) is 4.57 Å². The quantitative estimate of drug-likeness (QED) is 0.799. The first-order valence-electron chi connectivity index (χ1n) is 5.22. The van der Waals surface area contributed by atoms with Gasteiger partial charge >= 0.3 is 5.69 Å². The third-order valence-corrected chi connectivity index (χ3v) is 3.22. The predicted octanol–water partition coefficient (Wildman–Crippen LogP) is 1.04. The summed E-state index contributed by atoms with van der Waals surface area (Å²) in [5.74, 6) is 0. The Labute approximate surface area is 97.4 Å². The van der Waals surface area contributed by atoms with E-state index in [1.165, 1.54) is 15.6 Å². The molecule has 2 rings (SSSR count). The first kappa shape index (κ1) is 11.1. The lowest BCUT2D eigenvalue weighted by atomic mass is 10.3. The van der Waals surface area contributed by atoms with Crippen LogP contribution in [0.1, 0.15) is 24.0 Å². The Balaban J connectivity index is 2.14. The van der Waals surface area contributed by atoms with Crippen LogP contribution in [0.5, 0.6) is 0 Å². The summed E-state index contributed by atoms with van der Waals surface area (Å²) in [6.07, 6.45) is 3.61. The van der Waals surface area contributed by atoms with Crippen LogP contribution in [-0.2, 0) is 20.0 Å². The molecular weight excluding hydrogens is 224 g/mol. The fourth-order valence-corrected chi connectivity index (χ4v) is 2.32. The van der Waals surface area contributed by atoms with Crippen molar-refractivity contribution in [1.29, 1.82) is 0 Å². The molecular formula is C10H14N4OS. The van der Waals surface area contributed by atoms with Crippen LogP contribution in [0.2, 0.25) is 0 Å². The molecule has 0 bridgehead atoms. The van der Waals surface area contributed by atoms with Gasteiger partial charge in [0.1, 0.15) is 6.33 Å². The molecule has 2 aromatic rings. The molecule has 2 heterocycles. The standard InChI is InChI=1S/C10H14N4OS/c1-3-4-9-12-8(6-16-9)5-14-10(15)13(2)7-11-14/h6-7H,3-5H2,1-2H3. The molecule has 0 unspecified atom stereocenters. The van der Waals surface area contributed by atoms with E-state index < -0.39 is 0 Å². The molecule has 0 aliphatic rings. The van der Waals surface area contributed by atoms with Crippen LogP contribution in [0.25, 0.3) is 0 Å². The maximum Gasteiger partial charge on any atom is 0.345 e. The summed E-state index contributed by atoms with van der Waals surface area (Å²) in [7, 11) is 1.69. The van der Waals surface area contributed by atoms with Gasteiger partial charge in [0.25, 0.3) is 0 Å². The molecule has 86 valence electrons. The normalized spacial score (nSPS) is 10.9. The Morgan fingerprint density at radius 1 is 1.50 bits per heavy atom. The van der Waals surface area contributed by atoms with Crippen molar-refractivity contribution in [1.82, 2.24) is 19.3 Å². The summed E-state index contributed by atoms with van der Waals surface area (Å²) in [5, 5.41) is 7.12. The highest BCUT2D eigenvalue weighted by molar-refractivity contribution is 7.09. The van der Waals surface area contributed by atoms with Crippen molar-refractivity contribution in [2.75, 3.05) is 0 Å². The molecule has 2 aromatic heterocycles. The second kappa shape index (κ2) is 4.61. The molecule has 0 spiro atoms. The summed E-state index contributed by atoms with van der Waals surface area (Å²) in [6.45, 7) is 2.59. The maximum atomic E-state index is 11.5. The highest BCUT2D eigenvalue weighted by Gasteiger charge is 2.06. The van der Waals surface area contributed by atoms with Gasteiger partial charge in [0.2, 0.25) is 0 Å². The van der Waals surface area contributed by atoms with Gasteiger partial charge in [-0.2, -0.15) is 5.10 Å². The molecule has 0 amide bonds. The lowest BCUT2D eigenvalue weighted by Crippen LogP contribution is -2.23. The predicted molar refractivity (Wildman–Crippen MR) is 62.7 cm³/mol. The summed E-state index contributed by atoms with van der Waals surface area (Å²) in [6, 6.07) is 0. The van der Waals surface area contributed by atoms with Crippen LogP contribution < -0.4 is 5.69 Å². The van der Waals surface area contributed by atoms with Crippen LogP contribution >= 0.6 is 11.3 Å². The molecule has 0 radical (unpaired) electrons. The van der Waals surface area contributed by atoms with Crippen molar-refractivity contribution in [3.8, 4) is 0 Å². The number of hydrogen-bond acceptors (Lipinski definition) is 4. The third-order valence-electron chi connectivity index (χ3n) is 2.26. The van der Waals surface area contributed by atoms with E-state index >= 15 is 0 Å². The molecule has 0 N–H and O–H groups in total. The number of hydrogen-bond donors (Lipinski definition) is 0. The van der Waals surface area contributed by atoms with Crippen LogP contribution in [0, 0.1) is 0 Å². The minimum atomic E-state index is -0.106. The Morgan fingerprint density at radius 3 is 2.94 bits per heavy atom. The number of aryl methyl sites for hydroxylation is 2. The highest BCUT2D eigenvalue weighted by atomic mass is 32.1. The van der Waals surface area contributed by atoms with E-state index in [0.29, 0.717) is 6.54 Å². The van der Waals surface area contributed by atoms with Crippen molar-refractivity contribution in [2.45, 2.75) is 26.3 Å². The van der Waals surface area contributed by atoms with Crippen molar-refractivity contribution in [3.63, 3.8) is 0 Å². The molecule has 16 heavy (non-hydrogen) atoms. The van der Waals surface area contributed by atoms with Gasteiger partial charge in [-0.1, -0.05) is 6.92 Å².